The van der Waals surface area contributed by atoms with E-state index in [1.54, 1.807) is 42.5 Å². The minimum Gasteiger partial charge on any atom is -0.366 e. The van der Waals surface area contributed by atoms with Gasteiger partial charge in [0.2, 0.25) is 11.8 Å². The Morgan fingerprint density at radius 2 is 1.39 bits per heavy atom. The summed E-state index contributed by atoms with van der Waals surface area (Å²) >= 11 is 0. The number of amides is 2. The number of primary amides is 2. The molecule has 0 saturated heterocycles. The Hall–Kier alpha value is -2.62. The van der Waals surface area contributed by atoms with Crippen molar-refractivity contribution in [3.63, 3.8) is 0 Å². The van der Waals surface area contributed by atoms with Crippen molar-refractivity contribution in [2.24, 2.45) is 11.5 Å². The monoisotopic (exact) mass is 240 g/mol. The first-order valence-electron chi connectivity index (χ1n) is 5.38. The second-order valence-corrected chi connectivity index (χ2v) is 3.85. The number of benzene rings is 2. The van der Waals surface area contributed by atoms with Gasteiger partial charge in [-0.05, 0) is 29.3 Å². The van der Waals surface area contributed by atoms with Crippen molar-refractivity contribution < 1.29 is 9.59 Å². The van der Waals surface area contributed by atoms with Crippen molar-refractivity contribution in [3.05, 3.63) is 59.7 Å². The van der Waals surface area contributed by atoms with Crippen molar-refractivity contribution in [2.45, 2.75) is 0 Å². The van der Waals surface area contributed by atoms with Crippen LogP contribution in [0.2, 0.25) is 0 Å². The molecule has 2 aromatic carbocycles. The van der Waals surface area contributed by atoms with Gasteiger partial charge in [-0.25, -0.2) is 0 Å². The van der Waals surface area contributed by atoms with E-state index in [0.717, 1.165) is 11.1 Å². The van der Waals surface area contributed by atoms with Gasteiger partial charge in [-0.1, -0.05) is 30.3 Å². The van der Waals surface area contributed by atoms with Gasteiger partial charge in [-0.15, -0.1) is 0 Å². The maximum Gasteiger partial charge on any atom is 0.249 e. The average molecular weight is 240 g/mol. The van der Waals surface area contributed by atoms with Crippen LogP contribution in [0.3, 0.4) is 0 Å². The second-order valence-electron chi connectivity index (χ2n) is 3.85. The van der Waals surface area contributed by atoms with Crippen LogP contribution in [0.5, 0.6) is 0 Å². The molecule has 4 N–H and O–H groups in total. The fourth-order valence-electron chi connectivity index (χ4n) is 1.76. The molecule has 0 aliphatic heterocycles. The van der Waals surface area contributed by atoms with Gasteiger partial charge in [0.25, 0.3) is 0 Å². The lowest BCUT2D eigenvalue weighted by Gasteiger charge is -2.07. The summed E-state index contributed by atoms with van der Waals surface area (Å²) in [4.78, 5) is 22.3. The molecule has 18 heavy (non-hydrogen) atoms. The first-order valence-corrected chi connectivity index (χ1v) is 5.38. The van der Waals surface area contributed by atoms with Crippen LogP contribution in [0.4, 0.5) is 0 Å². The summed E-state index contributed by atoms with van der Waals surface area (Å²) in [6.07, 6.45) is 0. The van der Waals surface area contributed by atoms with Crippen LogP contribution in [0.1, 0.15) is 20.7 Å². The van der Waals surface area contributed by atoms with Crippen LogP contribution in [0.15, 0.2) is 48.5 Å². The Morgan fingerprint density at radius 1 is 0.778 bits per heavy atom. The summed E-state index contributed by atoms with van der Waals surface area (Å²) in [6, 6.07) is 13.8. The van der Waals surface area contributed by atoms with E-state index in [-0.39, 0.29) is 0 Å². The number of carbonyl (C=O) groups is 2. The summed E-state index contributed by atoms with van der Waals surface area (Å²) < 4.78 is 0. The predicted octanol–water partition coefficient (Wildman–Crippen LogP) is 1.55. The van der Waals surface area contributed by atoms with Crippen molar-refractivity contribution >= 4 is 11.8 Å². The van der Waals surface area contributed by atoms with Gasteiger partial charge < -0.3 is 11.5 Å². The highest BCUT2D eigenvalue weighted by atomic mass is 16.1. The van der Waals surface area contributed by atoms with Crippen molar-refractivity contribution in [1.29, 1.82) is 0 Å². The smallest absolute Gasteiger partial charge is 0.249 e. The van der Waals surface area contributed by atoms with E-state index < -0.39 is 11.8 Å². The first-order chi connectivity index (χ1) is 8.59. The maximum atomic E-state index is 11.3. The zero-order chi connectivity index (χ0) is 13.1. The highest BCUT2D eigenvalue weighted by Crippen LogP contribution is 2.23. The molecule has 0 aliphatic rings. The SMILES string of the molecule is NC(=O)c1ccc(-c2ccccc2C(N)=O)cc1. The molecule has 4 nitrogen and oxygen atoms in total. The Morgan fingerprint density at radius 3 is 1.94 bits per heavy atom. The Bertz CT molecular complexity index is 603. The molecule has 2 amide bonds. The predicted molar refractivity (Wildman–Crippen MR) is 68.9 cm³/mol. The van der Waals surface area contributed by atoms with Crippen LogP contribution in [0, 0.1) is 0 Å². The zero-order valence-corrected chi connectivity index (χ0v) is 9.59. The average Bonchev–Trinajstić information content (AvgIpc) is 2.39. The lowest BCUT2D eigenvalue weighted by atomic mass is 9.98. The minimum atomic E-state index is -0.482. The lowest BCUT2D eigenvalue weighted by molar-refractivity contribution is 0.0992. The van der Waals surface area contributed by atoms with Crippen LogP contribution < -0.4 is 11.5 Å². The van der Waals surface area contributed by atoms with Crippen molar-refractivity contribution in [3.8, 4) is 11.1 Å². The molecule has 2 rings (SSSR count). The molecule has 4 heteroatoms. The van der Waals surface area contributed by atoms with Gasteiger partial charge in [0.05, 0.1) is 0 Å². The van der Waals surface area contributed by atoms with Gasteiger partial charge in [-0.3, -0.25) is 9.59 Å². The fraction of sp³-hybridized carbons (Fsp3) is 0. The number of nitrogens with two attached hydrogens (primary N) is 2. The van der Waals surface area contributed by atoms with E-state index >= 15 is 0 Å². The molecule has 0 radical (unpaired) electrons. The third-order valence-corrected chi connectivity index (χ3v) is 2.67. The largest absolute Gasteiger partial charge is 0.366 e. The first kappa shape index (κ1) is 11.9. The maximum absolute atomic E-state index is 11.3. The molecule has 0 spiro atoms. The van der Waals surface area contributed by atoms with Gasteiger partial charge in [0.1, 0.15) is 0 Å². The molecule has 0 unspecified atom stereocenters. The van der Waals surface area contributed by atoms with E-state index in [1.165, 1.54) is 0 Å². The van der Waals surface area contributed by atoms with Crippen LogP contribution in [-0.2, 0) is 0 Å². The topological polar surface area (TPSA) is 86.2 Å². The highest BCUT2D eigenvalue weighted by Gasteiger charge is 2.09. The lowest BCUT2D eigenvalue weighted by Crippen LogP contribution is -2.12. The number of rotatable bonds is 3. The third-order valence-electron chi connectivity index (χ3n) is 2.67. The Balaban J connectivity index is 2.49. The number of carbonyl (C=O) groups excluding carboxylic acids is 2. The summed E-state index contributed by atoms with van der Waals surface area (Å²) in [5.41, 5.74) is 12.9. The van der Waals surface area contributed by atoms with Crippen LogP contribution in [-0.4, -0.2) is 11.8 Å². The molecule has 0 heterocycles. The molecular weight excluding hydrogens is 228 g/mol. The van der Waals surface area contributed by atoms with Gasteiger partial charge in [0.15, 0.2) is 0 Å². The van der Waals surface area contributed by atoms with Gasteiger partial charge in [-0.2, -0.15) is 0 Å². The summed E-state index contributed by atoms with van der Waals surface area (Å²) in [5.74, 6) is -0.964. The summed E-state index contributed by atoms with van der Waals surface area (Å²) in [5, 5.41) is 0. The van der Waals surface area contributed by atoms with E-state index in [1.807, 2.05) is 6.07 Å². The molecule has 0 aromatic heterocycles. The standard InChI is InChI=1S/C14H12N2O2/c15-13(17)10-7-5-9(6-8-10)11-3-1-2-4-12(11)14(16)18/h1-8H,(H2,15,17)(H2,16,18). The normalized spacial score (nSPS) is 10.0. The Labute approximate surface area is 104 Å². The zero-order valence-electron chi connectivity index (χ0n) is 9.59. The Kier molecular flexibility index (Phi) is 3.10. The molecule has 0 saturated carbocycles. The summed E-state index contributed by atoms with van der Waals surface area (Å²) in [7, 11) is 0. The third kappa shape index (κ3) is 2.22. The van der Waals surface area contributed by atoms with Gasteiger partial charge in [0, 0.05) is 11.1 Å². The highest BCUT2D eigenvalue weighted by molar-refractivity contribution is 6.00. The van der Waals surface area contributed by atoms with Crippen molar-refractivity contribution in [2.75, 3.05) is 0 Å². The summed E-state index contributed by atoms with van der Waals surface area (Å²) in [6.45, 7) is 0. The van der Waals surface area contributed by atoms with E-state index in [2.05, 4.69) is 0 Å². The molecular formula is C14H12N2O2. The van der Waals surface area contributed by atoms with E-state index in [0.29, 0.717) is 11.1 Å². The molecule has 0 atom stereocenters. The van der Waals surface area contributed by atoms with Gasteiger partial charge >= 0.3 is 0 Å². The number of hydrogen-bond acceptors (Lipinski definition) is 2. The van der Waals surface area contributed by atoms with Crippen LogP contribution in [0.25, 0.3) is 11.1 Å². The van der Waals surface area contributed by atoms with Crippen molar-refractivity contribution in [1.82, 2.24) is 0 Å². The molecule has 0 bridgehead atoms. The molecule has 0 aliphatic carbocycles. The van der Waals surface area contributed by atoms with E-state index in [9.17, 15) is 9.59 Å². The minimum absolute atomic E-state index is 0.426. The van der Waals surface area contributed by atoms with E-state index in [4.69, 9.17) is 11.5 Å². The molecule has 0 fully saturated rings. The fourth-order valence-corrected chi connectivity index (χ4v) is 1.76. The second kappa shape index (κ2) is 4.71. The quantitative estimate of drug-likeness (QED) is 0.852. The van der Waals surface area contributed by atoms with Crippen LogP contribution >= 0.6 is 0 Å². The molecule has 90 valence electrons. The number of hydrogen-bond donors (Lipinski definition) is 2. The molecule has 2 aromatic rings.